The molecule has 0 aliphatic rings. The molecule has 0 radical (unpaired) electrons. The van der Waals surface area contributed by atoms with E-state index in [0.29, 0.717) is 12.3 Å². The summed E-state index contributed by atoms with van der Waals surface area (Å²) in [5, 5.41) is 15.1. The fourth-order valence-electron chi connectivity index (χ4n) is 2.35. The van der Waals surface area contributed by atoms with E-state index < -0.39 is 5.91 Å². The Hall–Kier alpha value is -3.46. The summed E-state index contributed by atoms with van der Waals surface area (Å²) in [6.45, 7) is 4.42. The number of nitrogens with zero attached hydrogens (tertiary/aromatic N) is 1. The monoisotopic (exact) mass is 365 g/mol. The SMILES string of the molecule is CCOc1ccc(NC(=O)/C(C#N)=C\NC(C)c2ccc(OC)cc2)cc1. The number of ether oxygens (including phenoxy) is 2. The Bertz CT molecular complexity index is 821. The Morgan fingerprint density at radius 1 is 1.15 bits per heavy atom. The maximum absolute atomic E-state index is 12.3. The molecular weight excluding hydrogens is 342 g/mol. The van der Waals surface area contributed by atoms with Gasteiger partial charge in [-0.2, -0.15) is 5.26 Å². The highest BCUT2D eigenvalue weighted by molar-refractivity contribution is 6.06. The maximum Gasteiger partial charge on any atom is 0.267 e. The van der Waals surface area contributed by atoms with Crippen LogP contribution in [0.15, 0.2) is 60.3 Å². The van der Waals surface area contributed by atoms with Crippen LogP contribution in [0.2, 0.25) is 0 Å². The largest absolute Gasteiger partial charge is 0.497 e. The fourth-order valence-corrected chi connectivity index (χ4v) is 2.35. The quantitative estimate of drug-likeness (QED) is 0.549. The normalized spacial score (nSPS) is 11.9. The van der Waals surface area contributed by atoms with Gasteiger partial charge in [-0.15, -0.1) is 0 Å². The van der Waals surface area contributed by atoms with Crippen LogP contribution in [0.1, 0.15) is 25.5 Å². The maximum atomic E-state index is 12.3. The van der Waals surface area contributed by atoms with E-state index in [1.165, 1.54) is 6.20 Å². The van der Waals surface area contributed by atoms with Crippen molar-refractivity contribution < 1.29 is 14.3 Å². The Balaban J connectivity index is 1.99. The Kier molecular flexibility index (Phi) is 7.26. The smallest absolute Gasteiger partial charge is 0.267 e. The highest BCUT2D eigenvalue weighted by atomic mass is 16.5. The highest BCUT2D eigenvalue weighted by Gasteiger charge is 2.11. The molecule has 2 N–H and O–H groups in total. The van der Waals surface area contributed by atoms with Crippen molar-refractivity contribution in [3.05, 3.63) is 65.9 Å². The van der Waals surface area contributed by atoms with Crippen LogP contribution in [0, 0.1) is 11.3 Å². The van der Waals surface area contributed by atoms with Crippen LogP contribution >= 0.6 is 0 Å². The van der Waals surface area contributed by atoms with Gasteiger partial charge in [0.05, 0.1) is 13.7 Å². The second-order valence-corrected chi connectivity index (χ2v) is 5.74. The lowest BCUT2D eigenvalue weighted by molar-refractivity contribution is -0.112. The number of methoxy groups -OCH3 is 1. The summed E-state index contributed by atoms with van der Waals surface area (Å²) in [5.41, 5.74) is 1.59. The molecular formula is C21H23N3O3. The zero-order chi connectivity index (χ0) is 19.6. The first-order chi connectivity index (χ1) is 13.1. The van der Waals surface area contributed by atoms with Crippen molar-refractivity contribution in [2.45, 2.75) is 19.9 Å². The molecule has 0 heterocycles. The van der Waals surface area contributed by atoms with Gasteiger partial charge in [0.1, 0.15) is 23.1 Å². The van der Waals surface area contributed by atoms with Gasteiger partial charge in [-0.05, 0) is 55.8 Å². The lowest BCUT2D eigenvalue weighted by Crippen LogP contribution is -2.18. The van der Waals surface area contributed by atoms with E-state index in [9.17, 15) is 10.1 Å². The topological polar surface area (TPSA) is 83.4 Å². The molecule has 0 aromatic heterocycles. The summed E-state index contributed by atoms with van der Waals surface area (Å²) in [5.74, 6) is 1.02. The van der Waals surface area contributed by atoms with Gasteiger partial charge in [-0.25, -0.2) is 0 Å². The molecule has 0 spiro atoms. The minimum Gasteiger partial charge on any atom is -0.497 e. The van der Waals surface area contributed by atoms with Gasteiger partial charge in [0, 0.05) is 17.9 Å². The number of carbonyl (C=O) groups is 1. The summed E-state index contributed by atoms with van der Waals surface area (Å²) >= 11 is 0. The molecule has 0 aliphatic heterocycles. The van der Waals surface area contributed by atoms with Crippen molar-refractivity contribution in [3.63, 3.8) is 0 Å². The standard InChI is InChI=1S/C21H23N3O3/c1-4-27-20-11-7-18(8-12-20)24-21(25)17(13-22)14-23-15(2)16-5-9-19(26-3)10-6-16/h5-12,14-15,23H,4H2,1-3H3,(H,24,25)/b17-14-. The number of carbonyl (C=O) groups excluding carboxylic acids is 1. The summed E-state index contributed by atoms with van der Waals surface area (Å²) < 4.78 is 10.5. The first-order valence-electron chi connectivity index (χ1n) is 8.61. The predicted octanol–water partition coefficient (Wildman–Crippen LogP) is 3.79. The van der Waals surface area contributed by atoms with Gasteiger partial charge in [0.2, 0.25) is 0 Å². The van der Waals surface area contributed by atoms with Gasteiger partial charge in [0.15, 0.2) is 0 Å². The number of hydrogen-bond donors (Lipinski definition) is 2. The molecule has 2 rings (SSSR count). The van der Waals surface area contributed by atoms with Crippen LogP contribution in [0.4, 0.5) is 5.69 Å². The molecule has 27 heavy (non-hydrogen) atoms. The molecule has 0 bridgehead atoms. The van der Waals surface area contributed by atoms with Gasteiger partial charge >= 0.3 is 0 Å². The van der Waals surface area contributed by atoms with Gasteiger partial charge in [-0.3, -0.25) is 4.79 Å². The van der Waals surface area contributed by atoms with E-state index in [4.69, 9.17) is 9.47 Å². The van der Waals surface area contributed by atoms with Crippen LogP contribution in [-0.2, 0) is 4.79 Å². The highest BCUT2D eigenvalue weighted by Crippen LogP contribution is 2.18. The summed E-state index contributed by atoms with van der Waals surface area (Å²) in [7, 11) is 1.61. The number of anilines is 1. The van der Waals surface area contributed by atoms with E-state index in [2.05, 4.69) is 10.6 Å². The van der Waals surface area contributed by atoms with E-state index in [-0.39, 0.29) is 11.6 Å². The van der Waals surface area contributed by atoms with Crippen molar-refractivity contribution >= 4 is 11.6 Å². The fraction of sp³-hybridized carbons (Fsp3) is 0.238. The van der Waals surface area contributed by atoms with Crippen LogP contribution in [0.25, 0.3) is 0 Å². The third kappa shape index (κ3) is 5.79. The zero-order valence-corrected chi connectivity index (χ0v) is 15.7. The van der Waals surface area contributed by atoms with Crippen LogP contribution in [0.5, 0.6) is 11.5 Å². The van der Waals surface area contributed by atoms with Gasteiger partial charge < -0.3 is 20.1 Å². The number of hydrogen-bond acceptors (Lipinski definition) is 5. The van der Waals surface area contributed by atoms with E-state index in [0.717, 1.165) is 17.1 Å². The number of rotatable bonds is 8. The van der Waals surface area contributed by atoms with Gasteiger partial charge in [-0.1, -0.05) is 12.1 Å². The molecule has 0 aliphatic carbocycles. The van der Waals surface area contributed by atoms with Crippen molar-refractivity contribution in [1.29, 1.82) is 5.26 Å². The van der Waals surface area contributed by atoms with E-state index in [1.807, 2.05) is 44.2 Å². The molecule has 1 amide bonds. The van der Waals surface area contributed by atoms with E-state index >= 15 is 0 Å². The molecule has 2 aromatic rings. The molecule has 140 valence electrons. The van der Waals surface area contributed by atoms with Crippen LogP contribution < -0.4 is 20.1 Å². The molecule has 1 atom stereocenters. The Labute approximate surface area is 159 Å². The van der Waals surface area contributed by atoms with Crippen molar-refractivity contribution in [2.75, 3.05) is 19.0 Å². The van der Waals surface area contributed by atoms with Crippen molar-refractivity contribution in [1.82, 2.24) is 5.32 Å². The summed E-state index contributed by atoms with van der Waals surface area (Å²) in [6, 6.07) is 16.4. The molecule has 2 aromatic carbocycles. The minimum atomic E-state index is -0.476. The molecule has 1 unspecified atom stereocenters. The molecule has 0 saturated heterocycles. The second kappa shape index (κ2) is 9.88. The molecule has 6 heteroatoms. The Morgan fingerprint density at radius 2 is 1.78 bits per heavy atom. The second-order valence-electron chi connectivity index (χ2n) is 5.74. The molecule has 6 nitrogen and oxygen atoms in total. The Morgan fingerprint density at radius 3 is 2.33 bits per heavy atom. The number of benzene rings is 2. The summed E-state index contributed by atoms with van der Waals surface area (Å²) in [4.78, 5) is 12.3. The van der Waals surface area contributed by atoms with Gasteiger partial charge in [0.25, 0.3) is 5.91 Å². The third-order valence-electron chi connectivity index (χ3n) is 3.88. The van der Waals surface area contributed by atoms with Crippen molar-refractivity contribution in [3.8, 4) is 17.6 Å². The summed E-state index contributed by atoms with van der Waals surface area (Å²) in [6.07, 6.45) is 1.43. The molecule has 0 fully saturated rings. The average molecular weight is 365 g/mol. The average Bonchev–Trinajstić information content (AvgIpc) is 2.70. The van der Waals surface area contributed by atoms with Crippen molar-refractivity contribution in [2.24, 2.45) is 0 Å². The zero-order valence-electron chi connectivity index (χ0n) is 15.7. The lowest BCUT2D eigenvalue weighted by atomic mass is 10.1. The minimum absolute atomic E-state index is 0.00996. The van der Waals surface area contributed by atoms with Crippen LogP contribution in [-0.4, -0.2) is 19.6 Å². The van der Waals surface area contributed by atoms with Crippen LogP contribution in [0.3, 0.4) is 0 Å². The van der Waals surface area contributed by atoms with E-state index in [1.54, 1.807) is 31.4 Å². The molecule has 0 saturated carbocycles. The number of nitrogens with one attached hydrogen (secondary N) is 2. The first kappa shape index (κ1) is 19.9. The number of nitriles is 1. The third-order valence-corrected chi connectivity index (χ3v) is 3.88. The number of amides is 1. The predicted molar refractivity (Wildman–Crippen MR) is 104 cm³/mol. The lowest BCUT2D eigenvalue weighted by Gasteiger charge is -2.13. The first-order valence-corrected chi connectivity index (χ1v) is 8.61.